The average Bonchev–Trinajstić information content (AvgIpc) is 2.49. The number of aryl methyl sites for hydroxylation is 1. The molecule has 0 unspecified atom stereocenters. The van der Waals surface area contributed by atoms with Gasteiger partial charge >= 0.3 is 5.97 Å². The summed E-state index contributed by atoms with van der Waals surface area (Å²) in [6, 6.07) is 13.8. The highest BCUT2D eigenvalue weighted by Gasteiger charge is 2.22. The molecule has 0 amide bonds. The zero-order valence-electron chi connectivity index (χ0n) is 11.9. The van der Waals surface area contributed by atoms with Crippen molar-refractivity contribution in [2.24, 2.45) is 0 Å². The quantitative estimate of drug-likeness (QED) is 0.669. The number of carbonyl (C=O) groups is 1. The van der Waals surface area contributed by atoms with Gasteiger partial charge in [0, 0.05) is 5.56 Å². The minimum absolute atomic E-state index is 0.0524. The molecule has 4 heteroatoms. The van der Waals surface area contributed by atoms with Crippen molar-refractivity contribution in [2.75, 3.05) is 0 Å². The number of fused-ring (bicyclic) bond motifs is 1. The molecule has 0 spiro atoms. The lowest BCUT2D eigenvalue weighted by Gasteiger charge is -2.15. The number of aromatic carboxylic acids is 1. The third-order valence-corrected chi connectivity index (χ3v) is 3.80. The molecule has 0 aliphatic rings. The van der Waals surface area contributed by atoms with Crippen molar-refractivity contribution in [2.45, 2.75) is 6.92 Å². The van der Waals surface area contributed by atoms with Crippen molar-refractivity contribution in [1.82, 2.24) is 0 Å². The van der Waals surface area contributed by atoms with Crippen LogP contribution in [0, 0.1) is 6.92 Å². The van der Waals surface area contributed by atoms with Gasteiger partial charge in [0.25, 0.3) is 0 Å². The van der Waals surface area contributed by atoms with Crippen LogP contribution in [0.1, 0.15) is 15.9 Å². The fourth-order valence-corrected chi connectivity index (χ4v) is 2.78. The molecule has 3 aromatic carbocycles. The molecule has 0 aromatic heterocycles. The Labute approximate surface area is 126 Å². The smallest absolute Gasteiger partial charge is 0.339 e. The first-order chi connectivity index (χ1) is 10.5. The first-order valence-electron chi connectivity index (χ1n) is 6.77. The summed E-state index contributed by atoms with van der Waals surface area (Å²) in [6.07, 6.45) is 0. The van der Waals surface area contributed by atoms with Gasteiger partial charge in [-0.2, -0.15) is 0 Å². The van der Waals surface area contributed by atoms with E-state index in [4.69, 9.17) is 0 Å². The molecule has 0 aliphatic carbocycles. The zero-order valence-corrected chi connectivity index (χ0v) is 11.9. The number of rotatable bonds is 2. The van der Waals surface area contributed by atoms with E-state index in [0.29, 0.717) is 21.9 Å². The van der Waals surface area contributed by atoms with E-state index in [9.17, 15) is 20.1 Å². The lowest BCUT2D eigenvalue weighted by Crippen LogP contribution is -2.02. The molecule has 0 fully saturated rings. The van der Waals surface area contributed by atoms with E-state index in [1.165, 1.54) is 12.1 Å². The minimum Gasteiger partial charge on any atom is -0.508 e. The molecule has 22 heavy (non-hydrogen) atoms. The second-order valence-corrected chi connectivity index (χ2v) is 5.12. The number of hydrogen-bond acceptors (Lipinski definition) is 3. The second-order valence-electron chi connectivity index (χ2n) is 5.12. The number of phenolic OH excluding ortho intramolecular Hbond substituents is 1. The summed E-state index contributed by atoms with van der Waals surface area (Å²) in [4.78, 5) is 11.5. The van der Waals surface area contributed by atoms with Gasteiger partial charge in [-0.3, -0.25) is 0 Å². The Balaban J connectivity index is 2.52. The molecule has 4 nitrogen and oxygen atoms in total. The standard InChI is InChI=1S/C18H14O4/c1-10-14-9-12(19)7-8-13(14)16(11-5-3-2-4-6-11)17(20)15(10)18(21)22/h2-9,19-20H,1H3,(H,21,22). The Kier molecular flexibility index (Phi) is 3.22. The van der Waals surface area contributed by atoms with Crippen LogP contribution in [0.25, 0.3) is 21.9 Å². The minimum atomic E-state index is -1.20. The number of aromatic hydroxyl groups is 2. The molecule has 0 saturated carbocycles. The first kappa shape index (κ1) is 13.9. The van der Waals surface area contributed by atoms with Gasteiger partial charge in [-0.05, 0) is 47.0 Å². The first-order valence-corrected chi connectivity index (χ1v) is 6.77. The molecule has 3 N–H and O–H groups in total. The van der Waals surface area contributed by atoms with E-state index in [1.807, 2.05) is 30.3 Å². The maximum absolute atomic E-state index is 11.5. The van der Waals surface area contributed by atoms with Crippen LogP contribution < -0.4 is 0 Å². The Morgan fingerprint density at radius 3 is 2.27 bits per heavy atom. The van der Waals surface area contributed by atoms with Crippen LogP contribution in [0.2, 0.25) is 0 Å². The third-order valence-electron chi connectivity index (χ3n) is 3.80. The number of phenols is 2. The lowest BCUT2D eigenvalue weighted by molar-refractivity contribution is 0.0693. The zero-order chi connectivity index (χ0) is 15.9. The fourth-order valence-electron chi connectivity index (χ4n) is 2.78. The van der Waals surface area contributed by atoms with Crippen molar-refractivity contribution in [3.63, 3.8) is 0 Å². The van der Waals surface area contributed by atoms with Gasteiger partial charge in [-0.15, -0.1) is 0 Å². The SMILES string of the molecule is Cc1c(C(=O)O)c(O)c(-c2ccccc2)c2ccc(O)cc12. The Hall–Kier alpha value is -3.01. The van der Waals surface area contributed by atoms with Gasteiger partial charge in [0.15, 0.2) is 0 Å². The van der Waals surface area contributed by atoms with Crippen molar-refractivity contribution in [3.8, 4) is 22.6 Å². The van der Waals surface area contributed by atoms with Crippen molar-refractivity contribution >= 4 is 16.7 Å². The van der Waals surface area contributed by atoms with Crippen LogP contribution in [0.5, 0.6) is 11.5 Å². The van der Waals surface area contributed by atoms with Crippen LogP contribution >= 0.6 is 0 Å². The molecule has 110 valence electrons. The molecule has 0 aliphatic heterocycles. The summed E-state index contributed by atoms with van der Waals surface area (Å²) in [5.41, 5.74) is 1.46. The molecule has 0 radical (unpaired) electrons. The molecule has 0 heterocycles. The normalized spacial score (nSPS) is 10.8. The molecular formula is C18H14O4. The van der Waals surface area contributed by atoms with E-state index >= 15 is 0 Å². The molecule has 0 atom stereocenters. The number of carboxylic acid groups (broad SMARTS) is 1. The van der Waals surface area contributed by atoms with Crippen LogP contribution in [-0.2, 0) is 0 Å². The van der Waals surface area contributed by atoms with E-state index < -0.39 is 5.97 Å². The highest BCUT2D eigenvalue weighted by molar-refractivity contribution is 6.09. The van der Waals surface area contributed by atoms with E-state index in [2.05, 4.69) is 0 Å². The van der Waals surface area contributed by atoms with Crippen LogP contribution in [0.3, 0.4) is 0 Å². The fraction of sp³-hybridized carbons (Fsp3) is 0.0556. The van der Waals surface area contributed by atoms with Gasteiger partial charge in [-0.25, -0.2) is 4.79 Å². The maximum Gasteiger partial charge on any atom is 0.339 e. The molecular weight excluding hydrogens is 280 g/mol. The molecule has 3 aromatic rings. The summed E-state index contributed by atoms with van der Waals surface area (Å²) in [6.45, 7) is 1.62. The Morgan fingerprint density at radius 1 is 0.955 bits per heavy atom. The van der Waals surface area contributed by atoms with Crippen LogP contribution in [-0.4, -0.2) is 21.3 Å². The number of hydrogen-bond donors (Lipinski definition) is 3. The summed E-state index contributed by atoms with van der Waals surface area (Å²) >= 11 is 0. The van der Waals surface area contributed by atoms with Gasteiger partial charge in [0.2, 0.25) is 0 Å². The monoisotopic (exact) mass is 294 g/mol. The van der Waals surface area contributed by atoms with E-state index in [1.54, 1.807) is 13.0 Å². The van der Waals surface area contributed by atoms with Crippen molar-refractivity contribution in [1.29, 1.82) is 0 Å². The average molecular weight is 294 g/mol. The van der Waals surface area contributed by atoms with Gasteiger partial charge in [0.05, 0.1) is 0 Å². The van der Waals surface area contributed by atoms with Crippen LogP contribution in [0.4, 0.5) is 0 Å². The highest BCUT2D eigenvalue weighted by Crippen LogP contribution is 2.42. The van der Waals surface area contributed by atoms with Gasteiger partial charge in [0.1, 0.15) is 17.1 Å². The highest BCUT2D eigenvalue weighted by atomic mass is 16.4. The maximum atomic E-state index is 11.5. The summed E-state index contributed by atoms with van der Waals surface area (Å²) in [7, 11) is 0. The lowest BCUT2D eigenvalue weighted by atomic mass is 9.90. The molecule has 3 rings (SSSR count). The third kappa shape index (κ3) is 2.05. The summed E-state index contributed by atoms with van der Waals surface area (Å²) < 4.78 is 0. The summed E-state index contributed by atoms with van der Waals surface area (Å²) in [5.74, 6) is -1.40. The van der Waals surface area contributed by atoms with Gasteiger partial charge in [-0.1, -0.05) is 30.3 Å². The Morgan fingerprint density at radius 2 is 1.64 bits per heavy atom. The molecule has 0 saturated heterocycles. The van der Waals surface area contributed by atoms with Crippen molar-refractivity contribution in [3.05, 3.63) is 59.7 Å². The Bertz CT molecular complexity index is 883. The largest absolute Gasteiger partial charge is 0.508 e. The molecule has 0 bridgehead atoms. The second kappa shape index (κ2) is 5.07. The van der Waals surface area contributed by atoms with E-state index in [-0.39, 0.29) is 17.1 Å². The van der Waals surface area contributed by atoms with Crippen molar-refractivity contribution < 1.29 is 20.1 Å². The number of carboxylic acids is 1. The predicted molar refractivity (Wildman–Crippen MR) is 84.4 cm³/mol. The predicted octanol–water partition coefficient (Wildman–Crippen LogP) is 3.92. The topological polar surface area (TPSA) is 77.8 Å². The van der Waals surface area contributed by atoms with Gasteiger partial charge < -0.3 is 15.3 Å². The van der Waals surface area contributed by atoms with E-state index in [0.717, 1.165) is 5.56 Å². The van der Waals surface area contributed by atoms with Crippen LogP contribution in [0.15, 0.2) is 48.5 Å². The summed E-state index contributed by atoms with van der Waals surface area (Å²) in [5, 5.41) is 31.0. The number of benzene rings is 3.